The summed E-state index contributed by atoms with van der Waals surface area (Å²) in [6, 6.07) is 11.0. The molecule has 30 heavy (non-hydrogen) atoms. The van der Waals surface area contributed by atoms with Gasteiger partial charge >= 0.3 is 0 Å². The van der Waals surface area contributed by atoms with Gasteiger partial charge in [0.2, 0.25) is 0 Å². The molecule has 0 radical (unpaired) electrons. The molecule has 1 amide bonds. The zero-order valence-electron chi connectivity index (χ0n) is 17.2. The molecule has 1 unspecified atom stereocenters. The van der Waals surface area contributed by atoms with Crippen LogP contribution in [0.1, 0.15) is 34.5 Å². The predicted octanol–water partition coefficient (Wildman–Crippen LogP) is 2.81. The number of carbonyl (C=O) groups excluding carboxylic acids is 1. The van der Waals surface area contributed by atoms with Crippen LogP contribution >= 0.6 is 0 Å². The summed E-state index contributed by atoms with van der Waals surface area (Å²) in [5.41, 5.74) is 2.01. The average Bonchev–Trinajstić information content (AvgIpc) is 3.08. The summed E-state index contributed by atoms with van der Waals surface area (Å²) in [7, 11) is 3.14. The van der Waals surface area contributed by atoms with Gasteiger partial charge in [-0.15, -0.1) is 0 Å². The van der Waals surface area contributed by atoms with Gasteiger partial charge in [-0.2, -0.15) is 0 Å². The van der Waals surface area contributed by atoms with Gasteiger partial charge in [-0.1, -0.05) is 18.2 Å². The topological polar surface area (TPSA) is 89.8 Å². The first-order valence-electron chi connectivity index (χ1n) is 9.84. The Bertz CT molecular complexity index is 1200. The highest BCUT2D eigenvalue weighted by Gasteiger charge is 2.29. The Morgan fingerprint density at radius 3 is 2.70 bits per heavy atom. The van der Waals surface area contributed by atoms with Gasteiger partial charge in [-0.3, -0.25) is 9.59 Å². The summed E-state index contributed by atoms with van der Waals surface area (Å²) in [6.45, 7) is 2.25. The van der Waals surface area contributed by atoms with E-state index in [9.17, 15) is 14.7 Å². The van der Waals surface area contributed by atoms with E-state index in [0.717, 1.165) is 16.6 Å². The summed E-state index contributed by atoms with van der Waals surface area (Å²) in [6.07, 6.45) is 1.24. The summed E-state index contributed by atoms with van der Waals surface area (Å²) < 4.78 is 12.1. The van der Waals surface area contributed by atoms with Crippen LogP contribution in [0.15, 0.2) is 41.2 Å². The predicted molar refractivity (Wildman–Crippen MR) is 114 cm³/mol. The van der Waals surface area contributed by atoms with Gasteiger partial charge in [0.1, 0.15) is 11.3 Å². The van der Waals surface area contributed by atoms with E-state index in [-0.39, 0.29) is 17.4 Å². The fourth-order valence-corrected chi connectivity index (χ4v) is 4.17. The van der Waals surface area contributed by atoms with Crippen LogP contribution in [-0.2, 0) is 12.8 Å². The maximum atomic E-state index is 13.0. The molecule has 0 fully saturated rings. The highest BCUT2D eigenvalue weighted by molar-refractivity contribution is 6.03. The smallest absolute Gasteiger partial charge is 0.267 e. The molecule has 7 nitrogen and oxygen atoms in total. The van der Waals surface area contributed by atoms with Gasteiger partial charge in [0, 0.05) is 18.0 Å². The monoisotopic (exact) mass is 408 g/mol. The number of benzene rings is 2. The molecule has 0 saturated carbocycles. The average molecular weight is 408 g/mol. The van der Waals surface area contributed by atoms with Crippen LogP contribution < -0.4 is 20.3 Å². The van der Waals surface area contributed by atoms with Crippen LogP contribution in [-0.4, -0.2) is 36.3 Å². The summed E-state index contributed by atoms with van der Waals surface area (Å²) >= 11 is 0. The van der Waals surface area contributed by atoms with Gasteiger partial charge < -0.3 is 24.5 Å². The van der Waals surface area contributed by atoms with Crippen molar-refractivity contribution in [2.75, 3.05) is 20.8 Å². The molecule has 1 aromatic heterocycles. The molecule has 2 heterocycles. The van der Waals surface area contributed by atoms with Gasteiger partial charge in [-0.05, 0) is 49.1 Å². The normalized spacial score (nSPS) is 14.7. The van der Waals surface area contributed by atoms with E-state index in [1.165, 1.54) is 0 Å². The molecule has 7 heteroatoms. The van der Waals surface area contributed by atoms with Crippen LogP contribution in [0, 0.1) is 0 Å². The minimum atomic E-state index is -0.576. The molecular weight excluding hydrogens is 384 g/mol. The summed E-state index contributed by atoms with van der Waals surface area (Å²) in [5.74, 6) is 0.407. The molecule has 4 rings (SSSR count). The van der Waals surface area contributed by atoms with E-state index in [0.29, 0.717) is 36.3 Å². The number of hydrogen-bond donors (Lipinski definition) is 2. The second-order valence-electron chi connectivity index (χ2n) is 7.46. The van der Waals surface area contributed by atoms with Crippen molar-refractivity contribution in [1.29, 1.82) is 0 Å². The zero-order valence-corrected chi connectivity index (χ0v) is 17.2. The second-order valence-corrected chi connectivity index (χ2v) is 7.46. The van der Waals surface area contributed by atoms with Crippen LogP contribution in [0.25, 0.3) is 10.9 Å². The summed E-state index contributed by atoms with van der Waals surface area (Å²) in [4.78, 5) is 25.8. The number of pyridine rings is 1. The second kappa shape index (κ2) is 7.74. The van der Waals surface area contributed by atoms with Crippen molar-refractivity contribution in [2.45, 2.75) is 25.8 Å². The number of rotatable bonds is 6. The quantitative estimate of drug-likeness (QED) is 0.655. The number of amides is 1. The highest BCUT2D eigenvalue weighted by Crippen LogP contribution is 2.36. The number of ether oxygens (including phenoxy) is 2. The fraction of sp³-hybridized carbons (Fsp3) is 0.304. The zero-order chi connectivity index (χ0) is 21.4. The Hall–Kier alpha value is -3.48. The number of carbonyl (C=O) groups is 1. The SMILES string of the molecule is COc1ccc(CCNC(=O)c2c(O)c3cccc4c3n(c2=O)C(C)C4)cc1OC. The van der Waals surface area contributed by atoms with Crippen molar-refractivity contribution in [2.24, 2.45) is 0 Å². The van der Waals surface area contributed by atoms with Crippen molar-refractivity contribution in [3.05, 3.63) is 63.4 Å². The first-order valence-corrected chi connectivity index (χ1v) is 9.84. The van der Waals surface area contributed by atoms with E-state index in [1.54, 1.807) is 30.9 Å². The van der Waals surface area contributed by atoms with Crippen LogP contribution in [0.2, 0.25) is 0 Å². The van der Waals surface area contributed by atoms with E-state index in [2.05, 4.69) is 5.32 Å². The third kappa shape index (κ3) is 3.16. The number of hydrogen-bond acceptors (Lipinski definition) is 5. The van der Waals surface area contributed by atoms with Gasteiger partial charge in [0.25, 0.3) is 11.5 Å². The van der Waals surface area contributed by atoms with Crippen molar-refractivity contribution in [1.82, 2.24) is 9.88 Å². The minimum absolute atomic E-state index is 0.0590. The first-order chi connectivity index (χ1) is 14.5. The Morgan fingerprint density at radius 1 is 1.20 bits per heavy atom. The Kier molecular flexibility index (Phi) is 5.11. The first kappa shape index (κ1) is 19.8. The standard InChI is InChI=1S/C23H24N2O5/c1-13-11-15-5-4-6-16-20(15)25(13)23(28)19(21(16)26)22(27)24-10-9-14-7-8-17(29-2)18(12-14)30-3/h4-8,12-13,26H,9-11H2,1-3H3,(H,24,27). The number of methoxy groups -OCH3 is 2. The molecular formula is C23H24N2O5. The molecule has 1 aliphatic heterocycles. The lowest BCUT2D eigenvalue weighted by atomic mass is 10.1. The number of nitrogens with one attached hydrogen (secondary N) is 1. The molecule has 0 spiro atoms. The third-order valence-electron chi connectivity index (χ3n) is 5.62. The van der Waals surface area contributed by atoms with Crippen molar-refractivity contribution >= 4 is 16.8 Å². The van der Waals surface area contributed by atoms with Crippen LogP contribution in [0.3, 0.4) is 0 Å². The molecule has 3 aromatic rings. The van der Waals surface area contributed by atoms with E-state index in [1.807, 2.05) is 31.2 Å². The van der Waals surface area contributed by atoms with E-state index >= 15 is 0 Å². The number of aromatic nitrogens is 1. The molecule has 0 aliphatic carbocycles. The maximum Gasteiger partial charge on any atom is 0.267 e. The lowest BCUT2D eigenvalue weighted by molar-refractivity contribution is 0.0949. The molecule has 156 valence electrons. The van der Waals surface area contributed by atoms with E-state index in [4.69, 9.17) is 9.47 Å². The Labute approximate surface area is 173 Å². The van der Waals surface area contributed by atoms with Crippen LogP contribution in [0.5, 0.6) is 17.2 Å². The lowest BCUT2D eigenvalue weighted by Gasteiger charge is -2.14. The molecule has 1 atom stereocenters. The maximum absolute atomic E-state index is 13.0. The number of aromatic hydroxyl groups is 1. The van der Waals surface area contributed by atoms with E-state index < -0.39 is 11.5 Å². The van der Waals surface area contributed by atoms with Gasteiger partial charge in [0.05, 0.1) is 19.7 Å². The Morgan fingerprint density at radius 2 is 1.97 bits per heavy atom. The van der Waals surface area contributed by atoms with Gasteiger partial charge in [0.15, 0.2) is 11.5 Å². The third-order valence-corrected chi connectivity index (χ3v) is 5.62. The van der Waals surface area contributed by atoms with Gasteiger partial charge in [-0.25, -0.2) is 0 Å². The fourth-order valence-electron chi connectivity index (χ4n) is 4.17. The Balaban J connectivity index is 1.57. The van der Waals surface area contributed by atoms with Crippen molar-refractivity contribution in [3.8, 4) is 17.2 Å². The van der Waals surface area contributed by atoms with Crippen molar-refractivity contribution in [3.63, 3.8) is 0 Å². The number of nitrogens with zero attached hydrogens (tertiary/aromatic N) is 1. The minimum Gasteiger partial charge on any atom is -0.506 e. The molecule has 1 aliphatic rings. The van der Waals surface area contributed by atoms with Crippen molar-refractivity contribution < 1.29 is 19.4 Å². The number of para-hydroxylation sites is 1. The lowest BCUT2D eigenvalue weighted by Crippen LogP contribution is -2.34. The molecule has 0 bridgehead atoms. The largest absolute Gasteiger partial charge is 0.506 e. The van der Waals surface area contributed by atoms with Crippen LogP contribution in [0.4, 0.5) is 0 Å². The highest BCUT2D eigenvalue weighted by atomic mass is 16.5. The molecule has 2 N–H and O–H groups in total. The summed E-state index contributed by atoms with van der Waals surface area (Å²) in [5, 5.41) is 14.0. The molecule has 0 saturated heterocycles. The molecule has 2 aromatic carbocycles.